The standard InChI is InChI=1S/C27H28F2N6O2/c1-15-23(16-13-30-34(4)14-16)33-35(17-8-6-5-7-9-17)25(15)32-26(37)31-24-18-10-20(28)21(29)11-19(18)27(2,3)12-22(24)36/h5-11,13-14,22,24,36H,12H2,1-4H3,(H2,31,32,37)/t22?,24-/m1/s1. The van der Waals surface area contributed by atoms with E-state index in [1.165, 1.54) is 0 Å². The lowest BCUT2D eigenvalue weighted by atomic mass is 9.69. The van der Waals surface area contributed by atoms with Crippen LogP contribution in [0.4, 0.5) is 19.4 Å². The van der Waals surface area contributed by atoms with E-state index in [1.807, 2.05) is 64.3 Å². The molecule has 1 aliphatic rings. The van der Waals surface area contributed by atoms with Crippen molar-refractivity contribution in [3.8, 4) is 16.9 Å². The van der Waals surface area contributed by atoms with E-state index >= 15 is 0 Å². The number of halogens is 2. The summed E-state index contributed by atoms with van der Waals surface area (Å²) in [4.78, 5) is 13.3. The molecule has 0 fully saturated rings. The van der Waals surface area contributed by atoms with Gasteiger partial charge < -0.3 is 10.4 Å². The highest BCUT2D eigenvalue weighted by Gasteiger charge is 2.40. The van der Waals surface area contributed by atoms with Crippen LogP contribution in [0, 0.1) is 18.6 Å². The van der Waals surface area contributed by atoms with E-state index in [0.29, 0.717) is 28.2 Å². The van der Waals surface area contributed by atoms with Crippen LogP contribution < -0.4 is 10.6 Å². The molecule has 4 aromatic rings. The van der Waals surface area contributed by atoms with E-state index in [-0.39, 0.29) is 6.42 Å². The fraction of sp³-hybridized carbons (Fsp3) is 0.296. The predicted molar refractivity (Wildman–Crippen MR) is 135 cm³/mol. The summed E-state index contributed by atoms with van der Waals surface area (Å²) in [6, 6.07) is 10.0. The van der Waals surface area contributed by atoms with E-state index in [0.717, 1.165) is 23.4 Å². The lowest BCUT2D eigenvalue weighted by Gasteiger charge is -2.40. The number of urea groups is 1. The zero-order valence-electron chi connectivity index (χ0n) is 21.0. The van der Waals surface area contributed by atoms with Gasteiger partial charge in [-0.2, -0.15) is 10.2 Å². The van der Waals surface area contributed by atoms with E-state index in [1.54, 1.807) is 15.6 Å². The number of nitrogens with zero attached hydrogens (tertiary/aromatic N) is 4. The van der Waals surface area contributed by atoms with Crippen molar-refractivity contribution < 1.29 is 18.7 Å². The number of nitrogens with one attached hydrogen (secondary N) is 2. The van der Waals surface area contributed by atoms with Crippen LogP contribution in [0.25, 0.3) is 16.9 Å². The minimum Gasteiger partial charge on any atom is -0.391 e. The van der Waals surface area contributed by atoms with Crippen LogP contribution in [0.3, 0.4) is 0 Å². The number of aliphatic hydroxyl groups is 1. The summed E-state index contributed by atoms with van der Waals surface area (Å²) in [7, 11) is 1.81. The smallest absolute Gasteiger partial charge is 0.320 e. The maximum atomic E-state index is 14.2. The molecular formula is C27H28F2N6O2. The molecule has 2 aromatic heterocycles. The molecule has 2 aromatic carbocycles. The molecular weight excluding hydrogens is 478 g/mol. The number of aryl methyl sites for hydroxylation is 1. The number of fused-ring (bicyclic) bond motifs is 1. The van der Waals surface area contributed by atoms with Crippen molar-refractivity contribution in [1.82, 2.24) is 24.9 Å². The number of carbonyl (C=O) groups is 1. The highest BCUT2D eigenvalue weighted by molar-refractivity contribution is 5.91. The number of amides is 2. The van der Waals surface area contributed by atoms with E-state index in [9.17, 15) is 18.7 Å². The van der Waals surface area contributed by atoms with Crippen molar-refractivity contribution in [1.29, 1.82) is 0 Å². The molecule has 2 heterocycles. The molecule has 0 bridgehead atoms. The molecule has 5 rings (SSSR count). The summed E-state index contributed by atoms with van der Waals surface area (Å²) in [5.41, 5.74) is 3.18. The second-order valence-corrected chi connectivity index (χ2v) is 10.1. The Morgan fingerprint density at radius 3 is 2.54 bits per heavy atom. The van der Waals surface area contributed by atoms with Gasteiger partial charge in [-0.1, -0.05) is 32.0 Å². The Labute approximate surface area is 212 Å². The molecule has 2 amide bonds. The second kappa shape index (κ2) is 9.11. The van der Waals surface area contributed by atoms with Gasteiger partial charge in [-0.3, -0.25) is 10.00 Å². The fourth-order valence-electron chi connectivity index (χ4n) is 5.04. The summed E-state index contributed by atoms with van der Waals surface area (Å²) in [5, 5.41) is 25.5. The SMILES string of the molecule is Cc1c(-c2cnn(C)c2)nn(-c2ccccc2)c1NC(=O)N[C@@H]1c2cc(F)c(F)cc2C(C)(C)CC1O. The summed E-state index contributed by atoms with van der Waals surface area (Å²) < 4.78 is 31.6. The van der Waals surface area contributed by atoms with Crippen molar-refractivity contribution in [2.24, 2.45) is 7.05 Å². The number of para-hydroxylation sites is 1. The second-order valence-electron chi connectivity index (χ2n) is 10.1. The van der Waals surface area contributed by atoms with Crippen LogP contribution >= 0.6 is 0 Å². The summed E-state index contributed by atoms with van der Waals surface area (Å²) in [5.74, 6) is -1.56. The number of hydrogen-bond acceptors (Lipinski definition) is 4. The third-order valence-electron chi connectivity index (χ3n) is 6.88. The van der Waals surface area contributed by atoms with Gasteiger partial charge in [-0.25, -0.2) is 18.3 Å². The molecule has 3 N–H and O–H groups in total. The third kappa shape index (κ3) is 4.48. The van der Waals surface area contributed by atoms with Gasteiger partial charge in [0.15, 0.2) is 11.6 Å². The molecule has 0 aliphatic heterocycles. The number of rotatable bonds is 4. The van der Waals surface area contributed by atoms with Gasteiger partial charge in [0.05, 0.1) is 24.0 Å². The molecule has 0 saturated heterocycles. The van der Waals surface area contributed by atoms with Gasteiger partial charge in [0, 0.05) is 24.4 Å². The molecule has 10 heteroatoms. The number of anilines is 1. The number of aliphatic hydroxyl groups excluding tert-OH is 1. The number of hydrogen-bond donors (Lipinski definition) is 3. The van der Waals surface area contributed by atoms with Gasteiger partial charge in [0.2, 0.25) is 0 Å². The minimum absolute atomic E-state index is 0.266. The van der Waals surface area contributed by atoms with Gasteiger partial charge >= 0.3 is 6.03 Å². The Hall–Kier alpha value is -4.05. The zero-order valence-corrected chi connectivity index (χ0v) is 21.0. The van der Waals surface area contributed by atoms with Crippen molar-refractivity contribution >= 4 is 11.8 Å². The maximum Gasteiger partial charge on any atom is 0.320 e. The van der Waals surface area contributed by atoms with Gasteiger partial charge in [0.25, 0.3) is 0 Å². The van der Waals surface area contributed by atoms with E-state index < -0.39 is 35.2 Å². The Bertz CT molecular complexity index is 1480. The maximum absolute atomic E-state index is 14.2. The van der Waals surface area contributed by atoms with Crippen molar-refractivity contribution in [3.05, 3.63) is 83.2 Å². The van der Waals surface area contributed by atoms with Crippen LogP contribution in [0.15, 0.2) is 54.9 Å². The highest BCUT2D eigenvalue weighted by Crippen LogP contribution is 2.42. The van der Waals surface area contributed by atoms with Crippen LogP contribution in [-0.4, -0.2) is 36.8 Å². The molecule has 1 aliphatic carbocycles. The van der Waals surface area contributed by atoms with Crippen molar-refractivity contribution in [2.45, 2.75) is 44.8 Å². The summed E-state index contributed by atoms with van der Waals surface area (Å²) >= 11 is 0. The Balaban J connectivity index is 1.50. The monoisotopic (exact) mass is 506 g/mol. The molecule has 0 radical (unpaired) electrons. The van der Waals surface area contributed by atoms with Crippen LogP contribution in [0.1, 0.15) is 43.0 Å². The topological polar surface area (TPSA) is 97.0 Å². The van der Waals surface area contributed by atoms with Crippen LogP contribution in [-0.2, 0) is 12.5 Å². The fourth-order valence-corrected chi connectivity index (χ4v) is 5.04. The van der Waals surface area contributed by atoms with Crippen molar-refractivity contribution in [3.63, 3.8) is 0 Å². The summed E-state index contributed by atoms with van der Waals surface area (Å²) in [6.07, 6.45) is 2.80. The van der Waals surface area contributed by atoms with Gasteiger partial charge in [-0.15, -0.1) is 0 Å². The lowest BCUT2D eigenvalue weighted by Crippen LogP contribution is -2.45. The molecule has 1 unspecified atom stereocenters. The predicted octanol–water partition coefficient (Wildman–Crippen LogP) is 4.76. The zero-order chi connectivity index (χ0) is 26.5. The molecule has 37 heavy (non-hydrogen) atoms. The van der Waals surface area contributed by atoms with Gasteiger partial charge in [-0.05, 0) is 54.2 Å². The molecule has 2 atom stereocenters. The van der Waals surface area contributed by atoms with E-state index in [2.05, 4.69) is 15.7 Å². The minimum atomic E-state index is -1.03. The Morgan fingerprint density at radius 1 is 1.16 bits per heavy atom. The molecule has 8 nitrogen and oxygen atoms in total. The summed E-state index contributed by atoms with van der Waals surface area (Å²) in [6.45, 7) is 5.55. The van der Waals surface area contributed by atoms with Crippen molar-refractivity contribution in [2.75, 3.05) is 5.32 Å². The first-order valence-corrected chi connectivity index (χ1v) is 11.9. The molecule has 0 spiro atoms. The normalized spacial score (nSPS) is 18.4. The molecule has 192 valence electrons. The van der Waals surface area contributed by atoms with E-state index in [4.69, 9.17) is 5.10 Å². The van der Waals surface area contributed by atoms with Crippen LogP contribution in [0.2, 0.25) is 0 Å². The number of carbonyl (C=O) groups excluding carboxylic acids is 1. The Morgan fingerprint density at radius 2 is 1.86 bits per heavy atom. The average molecular weight is 507 g/mol. The third-order valence-corrected chi connectivity index (χ3v) is 6.88. The quantitative estimate of drug-likeness (QED) is 0.372. The number of benzene rings is 2. The Kier molecular flexibility index (Phi) is 6.07. The first-order chi connectivity index (χ1) is 17.5. The largest absolute Gasteiger partial charge is 0.391 e. The molecule has 0 saturated carbocycles. The number of aromatic nitrogens is 4. The first-order valence-electron chi connectivity index (χ1n) is 11.9. The van der Waals surface area contributed by atoms with Crippen LogP contribution in [0.5, 0.6) is 0 Å². The first kappa shape index (κ1) is 24.6. The lowest BCUT2D eigenvalue weighted by molar-refractivity contribution is 0.0878. The average Bonchev–Trinajstić information content (AvgIpc) is 3.41. The van der Waals surface area contributed by atoms with Gasteiger partial charge in [0.1, 0.15) is 11.5 Å². The highest BCUT2D eigenvalue weighted by atomic mass is 19.2.